The lowest BCUT2D eigenvalue weighted by Crippen LogP contribution is -2.34. The van der Waals surface area contributed by atoms with Crippen molar-refractivity contribution in [3.63, 3.8) is 0 Å². The van der Waals surface area contributed by atoms with E-state index in [1.165, 1.54) is 0 Å². The zero-order chi connectivity index (χ0) is 14.8. The van der Waals surface area contributed by atoms with Gasteiger partial charge in [0.05, 0.1) is 0 Å². The number of aliphatic carboxylic acids is 1. The summed E-state index contributed by atoms with van der Waals surface area (Å²) in [6.45, 7) is 3.89. The number of carboxylic acid groups (broad SMARTS) is 1. The molecule has 1 aromatic carbocycles. The Hall–Kier alpha value is -1.88. The molecule has 0 aliphatic carbocycles. The quantitative estimate of drug-likeness (QED) is 0.677. The molecule has 1 amide bonds. The maximum atomic E-state index is 12.2. The molecule has 0 spiro atoms. The van der Waals surface area contributed by atoms with Gasteiger partial charge in [0.2, 0.25) is 5.91 Å². The lowest BCUT2D eigenvalue weighted by molar-refractivity contribution is -0.137. The molecular formula is C15H22N2O3. The van der Waals surface area contributed by atoms with Crippen LogP contribution in [0.15, 0.2) is 30.3 Å². The molecule has 0 saturated carbocycles. The normalized spacial score (nSPS) is 10.2. The highest BCUT2D eigenvalue weighted by atomic mass is 16.4. The Kier molecular flexibility index (Phi) is 7.35. The van der Waals surface area contributed by atoms with Gasteiger partial charge in [0, 0.05) is 31.6 Å². The second kappa shape index (κ2) is 9.09. The highest BCUT2D eigenvalue weighted by Gasteiger charge is 2.15. The van der Waals surface area contributed by atoms with Crippen LogP contribution in [0.2, 0.25) is 0 Å². The second-order valence-corrected chi connectivity index (χ2v) is 4.48. The van der Waals surface area contributed by atoms with Crippen LogP contribution in [0.25, 0.3) is 0 Å². The number of hydrogen-bond donors (Lipinski definition) is 2. The fourth-order valence-electron chi connectivity index (χ4n) is 1.90. The van der Waals surface area contributed by atoms with Crippen molar-refractivity contribution in [2.75, 3.05) is 24.5 Å². The maximum absolute atomic E-state index is 12.2. The summed E-state index contributed by atoms with van der Waals surface area (Å²) in [6, 6.07) is 9.37. The SMILES string of the molecule is CCNCCC(=O)N(CCCC(=O)O)c1ccccc1. The molecule has 0 aliphatic rings. The number of nitrogens with zero attached hydrogens (tertiary/aromatic N) is 1. The summed E-state index contributed by atoms with van der Waals surface area (Å²) in [6.07, 6.45) is 0.941. The van der Waals surface area contributed by atoms with E-state index in [-0.39, 0.29) is 12.3 Å². The number of anilines is 1. The lowest BCUT2D eigenvalue weighted by atomic mass is 10.2. The van der Waals surface area contributed by atoms with Crippen molar-refractivity contribution in [3.05, 3.63) is 30.3 Å². The van der Waals surface area contributed by atoms with Gasteiger partial charge in [-0.05, 0) is 25.1 Å². The molecule has 0 radical (unpaired) electrons. The summed E-state index contributed by atoms with van der Waals surface area (Å²) >= 11 is 0. The standard InChI is InChI=1S/C15H22N2O3/c1-2-16-11-10-14(18)17(12-6-9-15(19)20)13-7-4-3-5-8-13/h3-5,7-8,16H,2,6,9-12H2,1H3,(H,19,20). The third-order valence-corrected chi connectivity index (χ3v) is 2.91. The second-order valence-electron chi connectivity index (χ2n) is 4.48. The lowest BCUT2D eigenvalue weighted by Gasteiger charge is -2.22. The van der Waals surface area contributed by atoms with E-state index in [4.69, 9.17) is 5.11 Å². The van der Waals surface area contributed by atoms with Crippen LogP contribution in [-0.4, -0.2) is 36.6 Å². The van der Waals surface area contributed by atoms with Crippen molar-refractivity contribution >= 4 is 17.6 Å². The average molecular weight is 278 g/mol. The number of carbonyl (C=O) groups excluding carboxylic acids is 1. The Morgan fingerprint density at radius 3 is 2.50 bits per heavy atom. The number of amides is 1. The number of carboxylic acids is 1. The van der Waals surface area contributed by atoms with Crippen LogP contribution in [0.1, 0.15) is 26.2 Å². The van der Waals surface area contributed by atoms with Crippen molar-refractivity contribution < 1.29 is 14.7 Å². The van der Waals surface area contributed by atoms with Gasteiger partial charge in [0.15, 0.2) is 0 Å². The van der Waals surface area contributed by atoms with Crippen LogP contribution in [0.4, 0.5) is 5.69 Å². The zero-order valence-corrected chi connectivity index (χ0v) is 11.8. The number of hydrogen-bond acceptors (Lipinski definition) is 3. The first-order chi connectivity index (χ1) is 9.65. The van der Waals surface area contributed by atoms with Crippen LogP contribution in [0.3, 0.4) is 0 Å². The van der Waals surface area contributed by atoms with Crippen LogP contribution < -0.4 is 10.2 Å². The summed E-state index contributed by atoms with van der Waals surface area (Å²) in [4.78, 5) is 24.5. The van der Waals surface area contributed by atoms with E-state index in [9.17, 15) is 9.59 Å². The van der Waals surface area contributed by atoms with Crippen molar-refractivity contribution in [3.8, 4) is 0 Å². The Labute approximate surface area is 119 Å². The summed E-state index contributed by atoms with van der Waals surface area (Å²) in [7, 11) is 0. The topological polar surface area (TPSA) is 69.6 Å². The molecule has 110 valence electrons. The van der Waals surface area contributed by atoms with Crippen molar-refractivity contribution in [1.82, 2.24) is 5.32 Å². The maximum Gasteiger partial charge on any atom is 0.303 e. The predicted molar refractivity (Wildman–Crippen MR) is 78.8 cm³/mol. The first-order valence-electron chi connectivity index (χ1n) is 6.93. The van der Waals surface area contributed by atoms with Gasteiger partial charge >= 0.3 is 5.97 Å². The van der Waals surface area contributed by atoms with Gasteiger partial charge in [-0.1, -0.05) is 25.1 Å². The Balaban J connectivity index is 2.63. The Morgan fingerprint density at radius 1 is 1.20 bits per heavy atom. The highest BCUT2D eigenvalue weighted by molar-refractivity contribution is 5.93. The molecule has 5 nitrogen and oxygen atoms in total. The molecule has 0 saturated heterocycles. The summed E-state index contributed by atoms with van der Waals surface area (Å²) in [5, 5.41) is 11.8. The largest absolute Gasteiger partial charge is 0.481 e. The summed E-state index contributed by atoms with van der Waals surface area (Å²) < 4.78 is 0. The highest BCUT2D eigenvalue weighted by Crippen LogP contribution is 2.15. The number of carbonyl (C=O) groups is 2. The van der Waals surface area contributed by atoms with Gasteiger partial charge in [0.1, 0.15) is 0 Å². The number of rotatable bonds is 9. The molecule has 5 heteroatoms. The number of nitrogens with one attached hydrogen (secondary N) is 1. The Bertz CT molecular complexity index is 420. The van der Waals surface area contributed by atoms with E-state index in [2.05, 4.69) is 5.32 Å². The molecule has 0 atom stereocenters. The molecule has 0 fully saturated rings. The van der Waals surface area contributed by atoms with Gasteiger partial charge < -0.3 is 15.3 Å². The smallest absolute Gasteiger partial charge is 0.303 e. The van der Waals surface area contributed by atoms with Gasteiger partial charge in [-0.25, -0.2) is 0 Å². The monoisotopic (exact) mass is 278 g/mol. The molecule has 0 aliphatic heterocycles. The molecule has 2 N–H and O–H groups in total. The number of para-hydroxylation sites is 1. The van der Waals surface area contributed by atoms with Gasteiger partial charge in [0.25, 0.3) is 0 Å². The number of benzene rings is 1. The van der Waals surface area contributed by atoms with Crippen LogP contribution >= 0.6 is 0 Å². The van der Waals surface area contributed by atoms with E-state index >= 15 is 0 Å². The fourth-order valence-corrected chi connectivity index (χ4v) is 1.90. The van der Waals surface area contributed by atoms with Crippen molar-refractivity contribution in [2.24, 2.45) is 0 Å². The van der Waals surface area contributed by atoms with Gasteiger partial charge in [-0.2, -0.15) is 0 Å². The summed E-state index contributed by atoms with van der Waals surface area (Å²) in [5.74, 6) is -0.819. The van der Waals surface area contributed by atoms with Crippen molar-refractivity contribution in [1.29, 1.82) is 0 Å². The minimum atomic E-state index is -0.835. The van der Waals surface area contributed by atoms with E-state index in [0.717, 1.165) is 12.2 Å². The molecule has 20 heavy (non-hydrogen) atoms. The molecule has 0 heterocycles. The van der Waals surface area contributed by atoms with Crippen LogP contribution in [0, 0.1) is 0 Å². The first-order valence-corrected chi connectivity index (χ1v) is 6.93. The summed E-state index contributed by atoms with van der Waals surface area (Å²) in [5.41, 5.74) is 0.819. The average Bonchev–Trinajstić information content (AvgIpc) is 2.44. The Morgan fingerprint density at radius 2 is 1.90 bits per heavy atom. The van der Waals surface area contributed by atoms with E-state index in [1.807, 2.05) is 37.3 Å². The molecule has 0 aromatic heterocycles. The third kappa shape index (κ3) is 5.84. The minimum Gasteiger partial charge on any atom is -0.481 e. The van der Waals surface area contributed by atoms with Crippen molar-refractivity contribution in [2.45, 2.75) is 26.2 Å². The molecule has 1 aromatic rings. The minimum absolute atomic E-state index is 0.0162. The first kappa shape index (κ1) is 16.2. The van der Waals surface area contributed by atoms with Gasteiger partial charge in [-0.15, -0.1) is 0 Å². The van der Waals surface area contributed by atoms with E-state index in [0.29, 0.717) is 25.9 Å². The predicted octanol–water partition coefficient (Wildman–Crippen LogP) is 1.88. The molecule has 0 unspecified atom stereocenters. The zero-order valence-electron chi connectivity index (χ0n) is 11.8. The van der Waals surface area contributed by atoms with Crippen LogP contribution in [0.5, 0.6) is 0 Å². The van der Waals surface area contributed by atoms with E-state index in [1.54, 1.807) is 4.90 Å². The van der Waals surface area contributed by atoms with E-state index < -0.39 is 5.97 Å². The molecule has 1 rings (SSSR count). The third-order valence-electron chi connectivity index (χ3n) is 2.91. The van der Waals surface area contributed by atoms with Crippen LogP contribution in [-0.2, 0) is 9.59 Å². The van der Waals surface area contributed by atoms with Gasteiger partial charge in [-0.3, -0.25) is 9.59 Å². The fraction of sp³-hybridized carbons (Fsp3) is 0.467. The molecule has 0 bridgehead atoms. The molecular weight excluding hydrogens is 256 g/mol.